The molecule has 27 heavy (non-hydrogen) atoms. The van der Waals surface area contributed by atoms with Crippen LogP contribution >= 0.6 is 0 Å². The molecule has 8 heteroatoms. The molecule has 0 aromatic heterocycles. The second kappa shape index (κ2) is 7.13. The number of amides is 4. The third-order valence-corrected chi connectivity index (χ3v) is 4.79. The number of nitrogens with zero attached hydrogens (tertiary/aromatic N) is 1. The van der Waals surface area contributed by atoms with Crippen LogP contribution in [0.1, 0.15) is 60.8 Å². The second-order valence-corrected chi connectivity index (χ2v) is 9.72. The number of imide groups is 1. The zero-order valence-corrected chi connectivity index (χ0v) is 17.1. The highest BCUT2D eigenvalue weighted by Crippen LogP contribution is 2.46. The molecule has 0 aromatic carbocycles. The Labute approximate surface area is 160 Å². The van der Waals surface area contributed by atoms with Gasteiger partial charge in [-0.15, -0.1) is 0 Å². The van der Waals surface area contributed by atoms with Gasteiger partial charge in [0.2, 0.25) is 0 Å². The van der Waals surface area contributed by atoms with Gasteiger partial charge in [-0.3, -0.25) is 19.3 Å². The van der Waals surface area contributed by atoms with E-state index in [-0.39, 0.29) is 17.2 Å². The van der Waals surface area contributed by atoms with Crippen molar-refractivity contribution in [2.24, 2.45) is 11.3 Å². The summed E-state index contributed by atoms with van der Waals surface area (Å²) in [7, 11) is 0. The van der Waals surface area contributed by atoms with Crippen LogP contribution in [0, 0.1) is 11.3 Å². The second-order valence-electron chi connectivity index (χ2n) is 9.72. The topological polar surface area (TPSA) is 105 Å². The molecular weight excluding hydrogens is 350 g/mol. The minimum Gasteiger partial charge on any atom is -0.454 e. The lowest BCUT2D eigenvalue weighted by molar-refractivity contribution is -0.151. The highest BCUT2D eigenvalue weighted by Gasteiger charge is 2.56. The summed E-state index contributed by atoms with van der Waals surface area (Å²) in [6.07, 6.45) is 2.07. The molecule has 2 aliphatic rings. The maximum Gasteiger partial charge on any atom is 0.326 e. The molecule has 1 heterocycles. The van der Waals surface area contributed by atoms with E-state index in [9.17, 15) is 19.2 Å². The molecular formula is C19H31N3O5. The summed E-state index contributed by atoms with van der Waals surface area (Å²) in [6.45, 7) is 10.7. The van der Waals surface area contributed by atoms with E-state index in [1.807, 2.05) is 20.8 Å². The van der Waals surface area contributed by atoms with E-state index in [2.05, 4.69) is 31.4 Å². The molecule has 8 nitrogen and oxygen atoms in total. The number of ether oxygens (including phenoxy) is 1. The fourth-order valence-corrected chi connectivity index (χ4v) is 4.42. The number of hydrogen-bond acceptors (Lipinski definition) is 5. The molecule has 2 fully saturated rings. The monoisotopic (exact) mass is 381 g/mol. The van der Waals surface area contributed by atoms with Crippen LogP contribution in [0.3, 0.4) is 0 Å². The molecule has 4 amide bonds. The summed E-state index contributed by atoms with van der Waals surface area (Å²) in [5.41, 5.74) is -1.48. The van der Waals surface area contributed by atoms with E-state index in [4.69, 9.17) is 4.74 Å². The molecule has 2 rings (SSSR count). The van der Waals surface area contributed by atoms with Crippen LogP contribution in [0.5, 0.6) is 0 Å². The predicted molar refractivity (Wildman–Crippen MR) is 98.6 cm³/mol. The molecule has 1 aliphatic carbocycles. The van der Waals surface area contributed by atoms with Crippen LogP contribution in [0.4, 0.5) is 4.79 Å². The molecule has 152 valence electrons. The van der Waals surface area contributed by atoms with Crippen molar-refractivity contribution in [1.29, 1.82) is 0 Å². The van der Waals surface area contributed by atoms with E-state index < -0.39 is 42.1 Å². The summed E-state index contributed by atoms with van der Waals surface area (Å²) in [4.78, 5) is 50.0. The first-order valence-corrected chi connectivity index (χ1v) is 9.34. The van der Waals surface area contributed by atoms with Crippen LogP contribution < -0.4 is 10.6 Å². The molecule has 1 saturated heterocycles. The number of nitrogens with one attached hydrogen (secondary N) is 2. The van der Waals surface area contributed by atoms with Crippen molar-refractivity contribution in [2.75, 3.05) is 13.2 Å². The van der Waals surface area contributed by atoms with Gasteiger partial charge in [-0.1, -0.05) is 20.8 Å². The van der Waals surface area contributed by atoms with Gasteiger partial charge in [0.05, 0.1) is 0 Å². The number of rotatable bonds is 4. The van der Waals surface area contributed by atoms with Gasteiger partial charge in [0, 0.05) is 5.54 Å². The van der Waals surface area contributed by atoms with Crippen molar-refractivity contribution >= 4 is 23.8 Å². The summed E-state index contributed by atoms with van der Waals surface area (Å²) in [6, 6.07) is -0.582. The van der Waals surface area contributed by atoms with Crippen LogP contribution in [0.2, 0.25) is 0 Å². The Morgan fingerprint density at radius 2 is 1.89 bits per heavy atom. The normalized spacial score (nSPS) is 27.5. The van der Waals surface area contributed by atoms with E-state index in [1.165, 1.54) is 0 Å². The van der Waals surface area contributed by atoms with E-state index in [0.717, 1.165) is 11.3 Å². The Morgan fingerprint density at radius 3 is 2.44 bits per heavy atom. The van der Waals surface area contributed by atoms with Gasteiger partial charge in [0.25, 0.3) is 11.8 Å². The Bertz CT molecular complexity index is 652. The van der Waals surface area contributed by atoms with Gasteiger partial charge in [-0.05, 0) is 51.4 Å². The molecule has 0 aromatic rings. The first-order valence-electron chi connectivity index (χ1n) is 9.34. The number of urea groups is 1. The molecule has 0 unspecified atom stereocenters. The zero-order valence-electron chi connectivity index (χ0n) is 17.1. The lowest BCUT2D eigenvalue weighted by Crippen LogP contribution is -2.54. The highest BCUT2D eigenvalue weighted by molar-refractivity contribution is 6.08. The van der Waals surface area contributed by atoms with Crippen molar-refractivity contribution < 1.29 is 23.9 Å². The Kier molecular flexibility index (Phi) is 5.59. The number of carbonyl (C=O) groups is 4. The predicted octanol–water partition coefficient (Wildman–Crippen LogP) is 1.58. The molecule has 1 aliphatic heterocycles. The molecule has 1 saturated carbocycles. The maximum absolute atomic E-state index is 12.9. The fraction of sp³-hybridized carbons (Fsp3) is 0.789. The van der Waals surface area contributed by atoms with E-state index in [1.54, 1.807) is 0 Å². The third kappa shape index (κ3) is 5.20. The lowest BCUT2D eigenvalue weighted by Gasteiger charge is -2.43. The van der Waals surface area contributed by atoms with Crippen LogP contribution in [-0.4, -0.2) is 52.9 Å². The smallest absolute Gasteiger partial charge is 0.326 e. The van der Waals surface area contributed by atoms with Crippen LogP contribution in [-0.2, 0) is 19.1 Å². The Balaban J connectivity index is 1.97. The van der Waals surface area contributed by atoms with Crippen molar-refractivity contribution in [3.05, 3.63) is 0 Å². The Morgan fingerprint density at radius 1 is 1.26 bits per heavy atom. The average Bonchev–Trinajstić information content (AvgIpc) is 2.65. The number of esters is 1. The van der Waals surface area contributed by atoms with Crippen LogP contribution in [0.25, 0.3) is 0 Å². The summed E-state index contributed by atoms with van der Waals surface area (Å²) < 4.78 is 4.92. The van der Waals surface area contributed by atoms with Crippen molar-refractivity contribution in [3.63, 3.8) is 0 Å². The Hall–Kier alpha value is -2.12. The van der Waals surface area contributed by atoms with Gasteiger partial charge in [0.1, 0.15) is 12.1 Å². The molecule has 2 atom stereocenters. The van der Waals surface area contributed by atoms with Gasteiger partial charge in [0.15, 0.2) is 6.61 Å². The first kappa shape index (κ1) is 21.2. The number of hydrogen-bond donors (Lipinski definition) is 2. The van der Waals surface area contributed by atoms with E-state index in [0.29, 0.717) is 12.8 Å². The molecule has 1 spiro atoms. The standard InChI is InChI=1S/C19H31N3O5/c1-12-7-18(5,6)11-19(8-12)15(25)22(16(26)21-19)9-14(24)27-10-13(23)20-17(2,3)4/h12H,7-11H2,1-6H3,(H,20,23)(H,21,26)/t12-,19-/m1/s1. The summed E-state index contributed by atoms with van der Waals surface area (Å²) in [5.74, 6) is -1.33. The SMILES string of the molecule is C[C@@H]1CC(C)(C)C[C@@]2(C1)NC(=O)N(CC(=O)OCC(=O)NC(C)(C)C)C2=O. The van der Waals surface area contributed by atoms with Gasteiger partial charge < -0.3 is 15.4 Å². The average molecular weight is 381 g/mol. The van der Waals surface area contributed by atoms with Crippen LogP contribution in [0.15, 0.2) is 0 Å². The minimum absolute atomic E-state index is 0.0812. The number of carbonyl (C=O) groups excluding carboxylic acids is 4. The van der Waals surface area contributed by atoms with Crippen molar-refractivity contribution in [3.8, 4) is 0 Å². The molecule has 0 radical (unpaired) electrons. The van der Waals surface area contributed by atoms with Crippen molar-refractivity contribution in [2.45, 2.75) is 71.9 Å². The molecule has 2 N–H and O–H groups in total. The fourth-order valence-electron chi connectivity index (χ4n) is 4.42. The van der Waals surface area contributed by atoms with Gasteiger partial charge in [-0.25, -0.2) is 4.79 Å². The maximum atomic E-state index is 12.9. The highest BCUT2D eigenvalue weighted by atomic mass is 16.5. The first-order chi connectivity index (χ1) is 12.2. The van der Waals surface area contributed by atoms with Crippen molar-refractivity contribution in [1.82, 2.24) is 15.5 Å². The largest absolute Gasteiger partial charge is 0.454 e. The quantitative estimate of drug-likeness (QED) is 0.568. The lowest BCUT2D eigenvalue weighted by atomic mass is 9.64. The summed E-state index contributed by atoms with van der Waals surface area (Å²) >= 11 is 0. The minimum atomic E-state index is -0.956. The zero-order chi connectivity index (χ0) is 20.6. The van der Waals surface area contributed by atoms with Gasteiger partial charge in [-0.2, -0.15) is 0 Å². The van der Waals surface area contributed by atoms with E-state index >= 15 is 0 Å². The summed E-state index contributed by atoms with van der Waals surface area (Å²) in [5, 5.41) is 5.48. The molecule has 0 bridgehead atoms. The van der Waals surface area contributed by atoms with Gasteiger partial charge >= 0.3 is 12.0 Å². The third-order valence-electron chi connectivity index (χ3n) is 4.79.